The molecule has 12 heteroatoms. The summed E-state index contributed by atoms with van der Waals surface area (Å²) in [6.45, 7) is -0.802. The van der Waals surface area contributed by atoms with Crippen molar-refractivity contribution in [3.8, 4) is 5.75 Å². The van der Waals surface area contributed by atoms with Gasteiger partial charge in [0, 0.05) is 12.0 Å². The number of hydrogen-bond acceptors (Lipinski definition) is 12. The molecule has 1 aromatic carbocycles. The van der Waals surface area contributed by atoms with E-state index in [1.165, 1.54) is 12.3 Å². The molecule has 12 nitrogen and oxygen atoms in total. The van der Waals surface area contributed by atoms with E-state index in [0.717, 1.165) is 5.56 Å². The van der Waals surface area contributed by atoms with Crippen molar-refractivity contribution in [3.63, 3.8) is 0 Å². The highest BCUT2D eigenvalue weighted by Gasteiger charge is 2.76. The quantitative estimate of drug-likeness (QED) is 0.155. The van der Waals surface area contributed by atoms with Crippen LogP contribution in [-0.2, 0) is 28.5 Å². The van der Waals surface area contributed by atoms with E-state index in [9.17, 15) is 30.3 Å². The number of hydrogen-bond donors (Lipinski definition) is 5. The molecule has 3 aliphatic heterocycles. The van der Waals surface area contributed by atoms with Crippen molar-refractivity contribution in [1.82, 2.24) is 0 Å². The predicted octanol–water partition coefficient (Wildman–Crippen LogP) is -1.32. The van der Waals surface area contributed by atoms with Crippen molar-refractivity contribution in [1.29, 1.82) is 0 Å². The van der Waals surface area contributed by atoms with Gasteiger partial charge in [0.25, 0.3) is 0 Å². The van der Waals surface area contributed by atoms with Crippen LogP contribution in [0.2, 0.25) is 0 Å². The molecule has 5 rings (SSSR count). The van der Waals surface area contributed by atoms with Crippen LogP contribution in [0, 0.1) is 11.8 Å². The average Bonchev–Trinajstić information content (AvgIpc) is 3.60. The second kappa shape index (κ2) is 10.3. The number of methoxy groups -OCH3 is 1. The molecule has 1 aromatic rings. The van der Waals surface area contributed by atoms with Crippen LogP contribution in [0.1, 0.15) is 5.56 Å². The Morgan fingerprint density at radius 1 is 1.05 bits per heavy atom. The summed E-state index contributed by atoms with van der Waals surface area (Å²) in [4.78, 5) is 12.4. The number of ether oxygens (including phenoxy) is 6. The van der Waals surface area contributed by atoms with Crippen LogP contribution in [0.25, 0.3) is 6.08 Å². The first kappa shape index (κ1) is 26.1. The zero-order valence-electron chi connectivity index (χ0n) is 19.9. The summed E-state index contributed by atoms with van der Waals surface area (Å²) in [6.07, 6.45) is -4.21. The number of aliphatic hydroxyl groups is 5. The van der Waals surface area contributed by atoms with Crippen molar-refractivity contribution in [2.75, 3.05) is 20.3 Å². The summed E-state index contributed by atoms with van der Waals surface area (Å²) < 4.78 is 33.2. The normalized spacial score (nSPS) is 42.1. The summed E-state index contributed by atoms with van der Waals surface area (Å²) >= 11 is 0. The van der Waals surface area contributed by atoms with Crippen molar-refractivity contribution in [3.05, 3.63) is 48.2 Å². The third-order valence-electron chi connectivity index (χ3n) is 7.35. The van der Waals surface area contributed by atoms with Crippen LogP contribution in [0.5, 0.6) is 5.75 Å². The number of epoxide rings is 1. The van der Waals surface area contributed by atoms with Gasteiger partial charge in [0.2, 0.25) is 6.29 Å². The molecule has 11 atom stereocenters. The van der Waals surface area contributed by atoms with Gasteiger partial charge < -0.3 is 54.0 Å². The lowest BCUT2D eigenvalue weighted by Gasteiger charge is -2.43. The van der Waals surface area contributed by atoms with Gasteiger partial charge in [0.1, 0.15) is 48.5 Å². The highest BCUT2D eigenvalue weighted by Crippen LogP contribution is 2.60. The maximum Gasteiger partial charge on any atom is 0.330 e. The molecule has 4 aliphatic rings. The third-order valence-corrected chi connectivity index (χ3v) is 7.35. The lowest BCUT2D eigenvalue weighted by molar-refractivity contribution is -0.344. The molecular formula is C25H30O12. The van der Waals surface area contributed by atoms with E-state index < -0.39 is 79.2 Å². The number of aliphatic hydroxyl groups excluding tert-OH is 5. The first-order chi connectivity index (χ1) is 17.8. The number of carbonyl (C=O) groups excluding carboxylic acids is 1. The van der Waals surface area contributed by atoms with Gasteiger partial charge in [-0.05, 0) is 29.8 Å². The number of carbonyl (C=O) groups is 1. The van der Waals surface area contributed by atoms with Gasteiger partial charge in [0.05, 0.1) is 32.0 Å². The monoisotopic (exact) mass is 522 g/mol. The van der Waals surface area contributed by atoms with Crippen LogP contribution >= 0.6 is 0 Å². The lowest BCUT2D eigenvalue weighted by Crippen LogP contribution is -2.60. The van der Waals surface area contributed by atoms with E-state index in [4.69, 9.17) is 28.4 Å². The molecule has 0 radical (unpaired) electrons. The highest BCUT2D eigenvalue weighted by atomic mass is 16.8. The third kappa shape index (κ3) is 4.75. The van der Waals surface area contributed by atoms with E-state index in [2.05, 4.69) is 0 Å². The summed E-state index contributed by atoms with van der Waals surface area (Å²) in [5.41, 5.74) is -0.330. The molecule has 3 heterocycles. The largest absolute Gasteiger partial charge is 0.497 e. The zero-order chi connectivity index (χ0) is 26.3. The minimum atomic E-state index is -1.63. The standard InChI is InChI=1S/C25H30O12/c1-32-13-5-2-12(3-6-13)4-7-16(27)34-11-25-17-14(18(28)22(25)37-25)8-9-33-23(17)36-24-21(31)20(30)19(29)15(10-26)35-24/h2-9,14-15,17-24,26,28-31H,10-11H2,1H3/b7-4+. The van der Waals surface area contributed by atoms with Crippen molar-refractivity contribution in [2.45, 2.75) is 54.8 Å². The molecule has 0 aromatic heterocycles. The van der Waals surface area contributed by atoms with E-state index in [0.29, 0.717) is 5.75 Å². The van der Waals surface area contributed by atoms with Crippen LogP contribution < -0.4 is 4.74 Å². The van der Waals surface area contributed by atoms with Crippen LogP contribution in [0.15, 0.2) is 42.7 Å². The van der Waals surface area contributed by atoms with Crippen molar-refractivity contribution in [2.24, 2.45) is 11.8 Å². The molecule has 2 saturated heterocycles. The van der Waals surface area contributed by atoms with Gasteiger partial charge >= 0.3 is 5.97 Å². The number of fused-ring (bicyclic) bond motifs is 3. The first-order valence-corrected chi connectivity index (χ1v) is 11.9. The Bertz CT molecular complexity index is 1030. The molecule has 11 unspecified atom stereocenters. The van der Waals surface area contributed by atoms with E-state index in [1.54, 1.807) is 43.5 Å². The highest BCUT2D eigenvalue weighted by molar-refractivity contribution is 5.87. The smallest absolute Gasteiger partial charge is 0.330 e. The van der Waals surface area contributed by atoms with Gasteiger partial charge in [-0.2, -0.15) is 0 Å². The van der Waals surface area contributed by atoms with Crippen molar-refractivity contribution < 1.29 is 58.7 Å². The van der Waals surface area contributed by atoms with Crippen molar-refractivity contribution >= 4 is 12.0 Å². The number of rotatable bonds is 8. The molecule has 1 aliphatic carbocycles. The Hall–Kier alpha value is -2.55. The molecule has 0 amide bonds. The Kier molecular flexibility index (Phi) is 7.27. The lowest BCUT2D eigenvalue weighted by atomic mass is 9.85. The molecule has 37 heavy (non-hydrogen) atoms. The van der Waals surface area contributed by atoms with Crippen LogP contribution in [-0.4, -0.2) is 107 Å². The fourth-order valence-electron chi connectivity index (χ4n) is 5.27. The maximum absolute atomic E-state index is 12.4. The molecular weight excluding hydrogens is 492 g/mol. The molecule has 1 saturated carbocycles. The molecule has 3 fully saturated rings. The summed E-state index contributed by atoms with van der Waals surface area (Å²) in [7, 11) is 1.56. The van der Waals surface area contributed by atoms with Crippen LogP contribution in [0.3, 0.4) is 0 Å². The fraction of sp³-hybridized carbons (Fsp3) is 0.560. The summed E-state index contributed by atoms with van der Waals surface area (Å²) in [5, 5.41) is 50.6. The summed E-state index contributed by atoms with van der Waals surface area (Å²) in [6, 6.07) is 7.09. The average molecular weight is 523 g/mol. The molecule has 0 spiro atoms. The first-order valence-electron chi connectivity index (χ1n) is 11.9. The molecule has 202 valence electrons. The second-order valence-corrected chi connectivity index (χ2v) is 9.47. The fourth-order valence-corrected chi connectivity index (χ4v) is 5.27. The molecule has 0 bridgehead atoms. The summed E-state index contributed by atoms with van der Waals surface area (Å²) in [5.74, 6) is -1.04. The van der Waals surface area contributed by atoms with Crippen LogP contribution in [0.4, 0.5) is 0 Å². The molecule has 5 N–H and O–H groups in total. The zero-order valence-corrected chi connectivity index (χ0v) is 19.9. The maximum atomic E-state index is 12.4. The van der Waals surface area contributed by atoms with Gasteiger partial charge in [-0.1, -0.05) is 12.1 Å². The van der Waals surface area contributed by atoms with E-state index in [-0.39, 0.29) is 6.61 Å². The van der Waals surface area contributed by atoms with Gasteiger partial charge in [-0.3, -0.25) is 0 Å². The number of benzene rings is 1. The predicted molar refractivity (Wildman–Crippen MR) is 122 cm³/mol. The second-order valence-electron chi connectivity index (χ2n) is 9.47. The topological polar surface area (TPSA) is 177 Å². The Labute approximate surface area is 212 Å². The van der Waals surface area contributed by atoms with Gasteiger partial charge in [0.15, 0.2) is 6.29 Å². The van der Waals surface area contributed by atoms with E-state index >= 15 is 0 Å². The number of esters is 1. The van der Waals surface area contributed by atoms with E-state index in [1.807, 2.05) is 0 Å². The minimum Gasteiger partial charge on any atom is -0.497 e. The Morgan fingerprint density at radius 2 is 1.81 bits per heavy atom. The van der Waals surface area contributed by atoms with Gasteiger partial charge in [-0.15, -0.1) is 0 Å². The van der Waals surface area contributed by atoms with Gasteiger partial charge in [-0.25, -0.2) is 4.79 Å². The Balaban J connectivity index is 1.26. The minimum absolute atomic E-state index is 0.187. The SMILES string of the molecule is COc1ccc(/C=C/C(=O)OCC23OC2C(O)C2C=COC(OC4OC(CO)C(O)C(O)C4O)C23)cc1. The Morgan fingerprint density at radius 3 is 2.51 bits per heavy atom.